The highest BCUT2D eigenvalue weighted by atomic mass is 16.5. The van der Waals surface area contributed by atoms with E-state index < -0.39 is 0 Å². The van der Waals surface area contributed by atoms with E-state index in [9.17, 15) is 4.79 Å². The molecule has 1 atom stereocenters. The minimum atomic E-state index is -0.222. The van der Waals surface area contributed by atoms with Crippen molar-refractivity contribution >= 4 is 11.7 Å². The van der Waals surface area contributed by atoms with E-state index in [0.717, 1.165) is 30.1 Å². The number of pyridine rings is 1. The van der Waals surface area contributed by atoms with Gasteiger partial charge in [0.25, 0.3) is 0 Å². The third-order valence-corrected chi connectivity index (χ3v) is 5.64. The Labute approximate surface area is 183 Å². The monoisotopic (exact) mass is 416 g/mol. The van der Waals surface area contributed by atoms with E-state index in [-0.39, 0.29) is 6.03 Å². The van der Waals surface area contributed by atoms with E-state index in [4.69, 9.17) is 4.74 Å². The summed E-state index contributed by atoms with van der Waals surface area (Å²) in [6, 6.07) is 20.1. The van der Waals surface area contributed by atoms with Gasteiger partial charge in [-0.1, -0.05) is 30.3 Å². The van der Waals surface area contributed by atoms with Crippen LogP contribution in [0.2, 0.25) is 0 Å². The van der Waals surface area contributed by atoms with E-state index in [1.54, 1.807) is 7.11 Å². The van der Waals surface area contributed by atoms with Crippen LogP contribution in [0.1, 0.15) is 35.6 Å². The molecule has 4 rings (SSSR count). The number of rotatable bonds is 7. The highest BCUT2D eigenvalue weighted by molar-refractivity contribution is 5.89. The topological polar surface area (TPSA) is 66.5 Å². The van der Waals surface area contributed by atoms with Gasteiger partial charge in [-0.25, -0.2) is 4.79 Å². The summed E-state index contributed by atoms with van der Waals surface area (Å²) in [6.07, 6.45) is 6.16. The third kappa shape index (κ3) is 5.61. The number of hydrogen-bond acceptors (Lipinski definition) is 4. The van der Waals surface area contributed by atoms with Crippen LogP contribution in [0.3, 0.4) is 0 Å². The smallest absolute Gasteiger partial charge is 0.319 e. The van der Waals surface area contributed by atoms with Crippen molar-refractivity contribution in [3.05, 3.63) is 89.7 Å². The summed E-state index contributed by atoms with van der Waals surface area (Å²) in [5.41, 5.74) is 4.31. The fraction of sp³-hybridized carbons (Fsp3) is 0.280. The van der Waals surface area contributed by atoms with Gasteiger partial charge in [-0.2, -0.15) is 0 Å². The van der Waals surface area contributed by atoms with Crippen LogP contribution < -0.4 is 15.4 Å². The molecule has 1 aliphatic rings. The maximum Gasteiger partial charge on any atom is 0.319 e. The second-order valence-corrected chi connectivity index (χ2v) is 7.77. The molecule has 3 aromatic rings. The molecular weight excluding hydrogens is 388 g/mol. The summed E-state index contributed by atoms with van der Waals surface area (Å²) in [5.74, 6) is 0.800. The van der Waals surface area contributed by atoms with Gasteiger partial charge < -0.3 is 15.4 Å². The summed E-state index contributed by atoms with van der Waals surface area (Å²) < 4.78 is 5.15. The Bertz CT molecular complexity index is 975. The van der Waals surface area contributed by atoms with Crippen LogP contribution in [0, 0.1) is 0 Å². The van der Waals surface area contributed by atoms with Crippen LogP contribution >= 0.6 is 0 Å². The van der Waals surface area contributed by atoms with Crippen molar-refractivity contribution in [2.45, 2.75) is 32.0 Å². The van der Waals surface area contributed by atoms with Crippen LogP contribution in [0.15, 0.2) is 73.1 Å². The molecule has 1 unspecified atom stereocenters. The second-order valence-electron chi connectivity index (χ2n) is 7.77. The Hall–Kier alpha value is -3.38. The van der Waals surface area contributed by atoms with Gasteiger partial charge in [-0.15, -0.1) is 0 Å². The van der Waals surface area contributed by atoms with Gasteiger partial charge in [0.2, 0.25) is 0 Å². The van der Waals surface area contributed by atoms with Gasteiger partial charge >= 0.3 is 6.03 Å². The third-order valence-electron chi connectivity index (χ3n) is 5.64. The zero-order valence-corrected chi connectivity index (χ0v) is 17.8. The molecule has 0 aliphatic carbocycles. The molecule has 1 saturated heterocycles. The van der Waals surface area contributed by atoms with Crippen molar-refractivity contribution < 1.29 is 9.53 Å². The Morgan fingerprint density at radius 2 is 1.87 bits per heavy atom. The van der Waals surface area contributed by atoms with Crippen molar-refractivity contribution in [1.82, 2.24) is 15.2 Å². The van der Waals surface area contributed by atoms with Gasteiger partial charge in [-0.05, 0) is 66.4 Å². The number of ether oxygens (including phenoxy) is 1. The second kappa shape index (κ2) is 10.1. The first kappa shape index (κ1) is 20.9. The molecule has 0 spiro atoms. The molecule has 2 amide bonds. The molecule has 160 valence electrons. The Morgan fingerprint density at radius 3 is 2.58 bits per heavy atom. The predicted molar refractivity (Wildman–Crippen MR) is 122 cm³/mol. The molecular formula is C25H28N4O2. The summed E-state index contributed by atoms with van der Waals surface area (Å²) in [5, 5.41) is 5.77. The maximum absolute atomic E-state index is 12.2. The van der Waals surface area contributed by atoms with E-state index in [2.05, 4.69) is 38.7 Å². The van der Waals surface area contributed by atoms with Gasteiger partial charge in [0, 0.05) is 37.2 Å². The minimum Gasteiger partial charge on any atom is -0.497 e. The zero-order valence-electron chi connectivity index (χ0n) is 17.8. The highest BCUT2D eigenvalue weighted by Gasteiger charge is 2.25. The number of carbonyl (C=O) groups excluding carboxylic acids is 1. The number of benzene rings is 2. The molecule has 6 nitrogen and oxygen atoms in total. The lowest BCUT2D eigenvalue weighted by atomic mass is 10.1. The van der Waals surface area contributed by atoms with Gasteiger partial charge in [0.15, 0.2) is 0 Å². The molecule has 1 fully saturated rings. The standard InChI is InChI=1S/C25H28N4O2/c1-31-23-12-8-19(9-13-23)16-27-25(30)28-22-10-6-20(7-11-22)18-29-15-3-5-24(29)21-4-2-14-26-17-21/h2,4,6-14,17,24H,3,5,15-16,18H2,1H3,(H2,27,28,30). The van der Waals surface area contributed by atoms with Crippen molar-refractivity contribution in [3.8, 4) is 5.75 Å². The van der Waals surface area contributed by atoms with E-state index in [1.165, 1.54) is 24.0 Å². The number of carbonyl (C=O) groups is 1. The van der Waals surface area contributed by atoms with Crippen LogP contribution in [0.25, 0.3) is 0 Å². The number of aromatic nitrogens is 1. The maximum atomic E-state index is 12.2. The van der Waals surface area contributed by atoms with Gasteiger partial charge in [0.1, 0.15) is 5.75 Å². The quantitative estimate of drug-likeness (QED) is 0.583. The van der Waals surface area contributed by atoms with Crippen LogP contribution in [0.4, 0.5) is 10.5 Å². The number of amides is 2. The summed E-state index contributed by atoms with van der Waals surface area (Å²) >= 11 is 0. The molecule has 31 heavy (non-hydrogen) atoms. The van der Waals surface area contributed by atoms with Crippen molar-refractivity contribution in [1.29, 1.82) is 0 Å². The van der Waals surface area contributed by atoms with Crippen molar-refractivity contribution in [2.75, 3.05) is 19.0 Å². The summed E-state index contributed by atoms with van der Waals surface area (Å²) in [4.78, 5) is 19.0. The molecule has 0 saturated carbocycles. The summed E-state index contributed by atoms with van der Waals surface area (Å²) in [6.45, 7) is 2.44. The molecule has 2 heterocycles. The van der Waals surface area contributed by atoms with Gasteiger partial charge in [0.05, 0.1) is 7.11 Å². The average Bonchev–Trinajstić information content (AvgIpc) is 3.28. The Kier molecular flexibility index (Phi) is 6.79. The molecule has 2 aromatic carbocycles. The van der Waals surface area contributed by atoms with Crippen LogP contribution in [-0.2, 0) is 13.1 Å². The van der Waals surface area contributed by atoms with Crippen molar-refractivity contribution in [2.24, 2.45) is 0 Å². The van der Waals surface area contributed by atoms with E-state index >= 15 is 0 Å². The SMILES string of the molecule is COc1ccc(CNC(=O)Nc2ccc(CN3CCCC3c3cccnc3)cc2)cc1. The number of nitrogens with one attached hydrogen (secondary N) is 2. The summed E-state index contributed by atoms with van der Waals surface area (Å²) in [7, 11) is 1.64. The average molecular weight is 417 g/mol. The lowest BCUT2D eigenvalue weighted by Crippen LogP contribution is -2.28. The Balaban J connectivity index is 1.28. The number of nitrogens with zero attached hydrogens (tertiary/aromatic N) is 2. The lowest BCUT2D eigenvalue weighted by molar-refractivity contribution is 0.248. The minimum absolute atomic E-state index is 0.222. The molecule has 0 radical (unpaired) electrons. The number of urea groups is 1. The fourth-order valence-corrected chi connectivity index (χ4v) is 3.99. The van der Waals surface area contributed by atoms with Gasteiger partial charge in [-0.3, -0.25) is 9.88 Å². The number of hydrogen-bond donors (Lipinski definition) is 2. The first-order chi connectivity index (χ1) is 15.2. The first-order valence-electron chi connectivity index (χ1n) is 10.6. The predicted octanol–water partition coefficient (Wildman–Crippen LogP) is 4.75. The molecule has 1 aromatic heterocycles. The van der Waals surface area contributed by atoms with Crippen molar-refractivity contribution in [3.63, 3.8) is 0 Å². The fourth-order valence-electron chi connectivity index (χ4n) is 3.99. The molecule has 2 N–H and O–H groups in total. The Morgan fingerprint density at radius 1 is 1.10 bits per heavy atom. The van der Waals surface area contributed by atoms with E-state index in [1.807, 2.05) is 54.9 Å². The lowest BCUT2D eigenvalue weighted by Gasteiger charge is -2.24. The number of methoxy groups -OCH3 is 1. The zero-order chi connectivity index (χ0) is 21.5. The van der Waals surface area contributed by atoms with Crippen LogP contribution in [0.5, 0.6) is 5.75 Å². The highest BCUT2D eigenvalue weighted by Crippen LogP contribution is 2.32. The largest absolute Gasteiger partial charge is 0.497 e. The first-order valence-corrected chi connectivity index (χ1v) is 10.6. The number of anilines is 1. The normalized spacial score (nSPS) is 16.1. The van der Waals surface area contributed by atoms with Crippen LogP contribution in [-0.4, -0.2) is 29.6 Å². The van der Waals surface area contributed by atoms with E-state index in [0.29, 0.717) is 12.6 Å². The number of likely N-dealkylation sites (tertiary alicyclic amines) is 1. The molecule has 1 aliphatic heterocycles. The molecule has 0 bridgehead atoms. The molecule has 6 heteroatoms.